The molecule has 1 saturated heterocycles. The summed E-state index contributed by atoms with van der Waals surface area (Å²) in [6.45, 7) is 1.72. The number of ether oxygens (including phenoxy) is 2. The lowest BCUT2D eigenvalue weighted by atomic mass is 10.1. The van der Waals surface area contributed by atoms with Crippen molar-refractivity contribution in [3.8, 4) is 11.5 Å². The lowest BCUT2D eigenvalue weighted by Crippen LogP contribution is -2.43. The Bertz CT molecular complexity index is 793. The van der Waals surface area contributed by atoms with Crippen LogP contribution >= 0.6 is 0 Å². The number of carbonyl (C=O) groups is 2. The van der Waals surface area contributed by atoms with Gasteiger partial charge in [0.1, 0.15) is 24.1 Å². The molecule has 24 heavy (non-hydrogen) atoms. The van der Waals surface area contributed by atoms with Crippen molar-refractivity contribution in [2.75, 3.05) is 20.3 Å². The largest absolute Gasteiger partial charge is 0.497 e. The minimum atomic E-state index is -0.697. The van der Waals surface area contributed by atoms with E-state index in [9.17, 15) is 9.59 Å². The summed E-state index contributed by atoms with van der Waals surface area (Å²) in [5, 5.41) is 3.29. The Morgan fingerprint density at radius 3 is 3.00 bits per heavy atom. The standard InChI is InChI=1S/C16H17N3O5/c1-9-5-14(11-6-10(22-2)3-4-12(11)17-9)23-8-15(20)18-13-7-24-19-16(13)21/h3-6,13H,7-8H2,1-2H3,(H,18,20)(H,19,21). The van der Waals surface area contributed by atoms with E-state index in [4.69, 9.17) is 14.3 Å². The van der Waals surface area contributed by atoms with E-state index in [0.717, 1.165) is 16.6 Å². The molecule has 2 heterocycles. The first-order valence-electron chi connectivity index (χ1n) is 7.36. The molecule has 126 valence electrons. The van der Waals surface area contributed by atoms with E-state index in [0.29, 0.717) is 11.5 Å². The number of benzene rings is 1. The molecule has 1 aliphatic rings. The van der Waals surface area contributed by atoms with Crippen LogP contribution in [0.1, 0.15) is 5.69 Å². The predicted molar refractivity (Wildman–Crippen MR) is 84.6 cm³/mol. The van der Waals surface area contributed by atoms with Gasteiger partial charge in [-0.1, -0.05) is 0 Å². The van der Waals surface area contributed by atoms with Crippen LogP contribution < -0.4 is 20.3 Å². The maximum Gasteiger partial charge on any atom is 0.268 e. The number of rotatable bonds is 5. The number of pyridine rings is 1. The van der Waals surface area contributed by atoms with Crippen LogP contribution in [-0.2, 0) is 14.4 Å². The van der Waals surface area contributed by atoms with Crippen LogP contribution in [-0.4, -0.2) is 43.2 Å². The van der Waals surface area contributed by atoms with Crippen LogP contribution in [0.2, 0.25) is 0 Å². The van der Waals surface area contributed by atoms with Gasteiger partial charge in [0, 0.05) is 17.1 Å². The van der Waals surface area contributed by atoms with Crippen molar-refractivity contribution in [2.45, 2.75) is 13.0 Å². The maximum absolute atomic E-state index is 12.0. The zero-order chi connectivity index (χ0) is 17.1. The Morgan fingerprint density at radius 1 is 1.46 bits per heavy atom. The molecule has 1 fully saturated rings. The van der Waals surface area contributed by atoms with E-state index in [2.05, 4.69) is 15.8 Å². The molecule has 0 saturated carbocycles. The molecule has 1 atom stereocenters. The molecule has 1 aliphatic heterocycles. The number of aryl methyl sites for hydroxylation is 1. The zero-order valence-corrected chi connectivity index (χ0v) is 13.3. The molecule has 1 aromatic carbocycles. The summed E-state index contributed by atoms with van der Waals surface area (Å²) in [5.74, 6) is 0.408. The number of carbonyl (C=O) groups excluding carboxylic acids is 2. The van der Waals surface area contributed by atoms with Crippen LogP contribution in [0.25, 0.3) is 10.9 Å². The van der Waals surface area contributed by atoms with Crippen LogP contribution in [0, 0.1) is 6.92 Å². The predicted octanol–water partition coefficient (Wildman–Crippen LogP) is 0.477. The van der Waals surface area contributed by atoms with Crippen molar-refractivity contribution in [3.05, 3.63) is 30.0 Å². The molecule has 0 bridgehead atoms. The normalized spacial score (nSPS) is 16.8. The van der Waals surface area contributed by atoms with Gasteiger partial charge in [0.05, 0.1) is 12.6 Å². The number of hydrogen-bond acceptors (Lipinski definition) is 6. The van der Waals surface area contributed by atoms with E-state index < -0.39 is 11.9 Å². The van der Waals surface area contributed by atoms with Crippen molar-refractivity contribution in [2.24, 2.45) is 0 Å². The van der Waals surface area contributed by atoms with Gasteiger partial charge in [-0.15, -0.1) is 0 Å². The SMILES string of the molecule is COc1ccc2nc(C)cc(OCC(=O)NC3CONC3=O)c2c1. The molecule has 2 amide bonds. The second-order valence-electron chi connectivity index (χ2n) is 5.33. The second kappa shape index (κ2) is 6.71. The van der Waals surface area contributed by atoms with Crippen molar-refractivity contribution in [1.82, 2.24) is 15.8 Å². The number of methoxy groups -OCH3 is 1. The average molecular weight is 331 g/mol. The average Bonchev–Trinajstić information content (AvgIpc) is 2.97. The highest BCUT2D eigenvalue weighted by molar-refractivity contribution is 5.89. The van der Waals surface area contributed by atoms with Gasteiger partial charge < -0.3 is 14.8 Å². The number of fused-ring (bicyclic) bond motifs is 1. The Balaban J connectivity index is 1.74. The summed E-state index contributed by atoms with van der Waals surface area (Å²) in [7, 11) is 1.57. The number of hydrogen-bond donors (Lipinski definition) is 2. The molecule has 1 unspecified atom stereocenters. The number of aromatic nitrogens is 1. The Labute approximate surface area is 138 Å². The molecule has 8 heteroatoms. The molecule has 1 aromatic heterocycles. The molecular formula is C16H17N3O5. The number of nitrogens with zero attached hydrogens (tertiary/aromatic N) is 1. The van der Waals surface area contributed by atoms with E-state index in [1.54, 1.807) is 19.2 Å². The molecule has 3 rings (SSSR count). The molecule has 0 aliphatic carbocycles. The van der Waals surface area contributed by atoms with E-state index >= 15 is 0 Å². The van der Waals surface area contributed by atoms with Crippen LogP contribution in [0.15, 0.2) is 24.3 Å². The minimum Gasteiger partial charge on any atom is -0.497 e. The minimum absolute atomic E-state index is 0.0963. The highest BCUT2D eigenvalue weighted by Gasteiger charge is 2.27. The van der Waals surface area contributed by atoms with Gasteiger partial charge in [0.15, 0.2) is 6.61 Å². The van der Waals surface area contributed by atoms with E-state index in [1.807, 2.05) is 19.1 Å². The fourth-order valence-electron chi connectivity index (χ4n) is 2.38. The monoisotopic (exact) mass is 331 g/mol. The van der Waals surface area contributed by atoms with Gasteiger partial charge >= 0.3 is 0 Å². The number of amides is 2. The molecule has 8 nitrogen and oxygen atoms in total. The third-order valence-corrected chi connectivity index (χ3v) is 3.54. The fraction of sp³-hybridized carbons (Fsp3) is 0.312. The van der Waals surface area contributed by atoms with Crippen molar-refractivity contribution < 1.29 is 23.9 Å². The zero-order valence-electron chi connectivity index (χ0n) is 13.3. The summed E-state index contributed by atoms with van der Waals surface area (Å²) >= 11 is 0. The number of hydroxylamine groups is 1. The lowest BCUT2D eigenvalue weighted by Gasteiger charge is -2.12. The molecule has 0 spiro atoms. The maximum atomic E-state index is 12.0. The summed E-state index contributed by atoms with van der Waals surface area (Å²) in [6.07, 6.45) is 0. The second-order valence-corrected chi connectivity index (χ2v) is 5.33. The van der Waals surface area contributed by atoms with Crippen molar-refractivity contribution in [1.29, 1.82) is 0 Å². The Hall–Kier alpha value is -2.87. The van der Waals surface area contributed by atoms with Crippen LogP contribution in [0.3, 0.4) is 0 Å². The Kier molecular flexibility index (Phi) is 4.48. The van der Waals surface area contributed by atoms with Crippen molar-refractivity contribution >= 4 is 22.7 Å². The van der Waals surface area contributed by atoms with Crippen LogP contribution in [0.4, 0.5) is 0 Å². The first-order valence-corrected chi connectivity index (χ1v) is 7.36. The first kappa shape index (κ1) is 16.0. The van der Waals surface area contributed by atoms with Gasteiger partial charge in [-0.05, 0) is 25.1 Å². The molecule has 2 N–H and O–H groups in total. The Morgan fingerprint density at radius 2 is 2.29 bits per heavy atom. The molecule has 0 radical (unpaired) electrons. The summed E-state index contributed by atoms with van der Waals surface area (Å²) in [4.78, 5) is 32.5. The van der Waals surface area contributed by atoms with Gasteiger partial charge in [-0.3, -0.25) is 19.4 Å². The van der Waals surface area contributed by atoms with Crippen molar-refractivity contribution in [3.63, 3.8) is 0 Å². The van der Waals surface area contributed by atoms with Crippen LogP contribution in [0.5, 0.6) is 11.5 Å². The smallest absolute Gasteiger partial charge is 0.268 e. The van der Waals surface area contributed by atoms with Gasteiger partial charge in [-0.2, -0.15) is 0 Å². The number of nitrogens with one attached hydrogen (secondary N) is 2. The third kappa shape index (κ3) is 3.38. The topological polar surface area (TPSA) is 98.8 Å². The summed E-state index contributed by atoms with van der Waals surface area (Å²) in [5.41, 5.74) is 3.69. The molecule has 2 aromatic rings. The van der Waals surface area contributed by atoms with Gasteiger partial charge in [-0.25, -0.2) is 5.48 Å². The summed E-state index contributed by atoms with van der Waals surface area (Å²) in [6, 6.07) is 6.49. The molecular weight excluding hydrogens is 314 g/mol. The lowest BCUT2D eigenvalue weighted by molar-refractivity contribution is -0.129. The van der Waals surface area contributed by atoms with E-state index in [1.165, 1.54) is 0 Å². The van der Waals surface area contributed by atoms with E-state index in [-0.39, 0.29) is 19.1 Å². The quantitative estimate of drug-likeness (QED) is 0.827. The highest BCUT2D eigenvalue weighted by atomic mass is 16.7. The summed E-state index contributed by atoms with van der Waals surface area (Å²) < 4.78 is 10.8. The van der Waals surface area contributed by atoms with Gasteiger partial charge in [0.2, 0.25) is 0 Å². The fourth-order valence-corrected chi connectivity index (χ4v) is 2.38. The first-order chi connectivity index (χ1) is 11.6. The van der Waals surface area contributed by atoms with Gasteiger partial charge in [0.25, 0.3) is 11.8 Å². The third-order valence-electron chi connectivity index (χ3n) is 3.54. The highest BCUT2D eigenvalue weighted by Crippen LogP contribution is 2.28.